The number of hydrogen-bond acceptors (Lipinski definition) is 5. The molecule has 2 aromatic rings. The number of aromatic nitrogens is 3. The summed E-state index contributed by atoms with van der Waals surface area (Å²) < 4.78 is 38.0. The van der Waals surface area contributed by atoms with E-state index in [1.165, 1.54) is 6.08 Å². The molecular formula is C26H34F3N5O. The van der Waals surface area contributed by atoms with Crippen LogP contribution in [0.2, 0.25) is 0 Å². The van der Waals surface area contributed by atoms with E-state index in [2.05, 4.69) is 31.7 Å². The maximum atomic E-state index is 12.8. The highest BCUT2D eigenvalue weighted by Crippen LogP contribution is 2.25. The molecule has 0 spiro atoms. The molecule has 0 radical (unpaired) electrons. The molecule has 0 aliphatic carbocycles. The molecule has 2 rings (SSSR count). The van der Waals surface area contributed by atoms with Crippen molar-refractivity contribution in [3.8, 4) is 0 Å². The van der Waals surface area contributed by atoms with Crippen LogP contribution < -0.4 is 5.32 Å². The Morgan fingerprint density at radius 2 is 1.83 bits per heavy atom. The van der Waals surface area contributed by atoms with Gasteiger partial charge in [0.15, 0.2) is 5.65 Å². The second-order valence-electron chi connectivity index (χ2n) is 8.49. The van der Waals surface area contributed by atoms with Crippen molar-refractivity contribution in [2.24, 2.45) is 5.92 Å². The van der Waals surface area contributed by atoms with Crippen molar-refractivity contribution in [1.82, 2.24) is 19.9 Å². The summed E-state index contributed by atoms with van der Waals surface area (Å²) in [4.78, 5) is 28.2. The summed E-state index contributed by atoms with van der Waals surface area (Å²) in [6.45, 7) is 14.0. The fraction of sp³-hybridized carbons (Fsp3) is 0.462. The first kappa shape index (κ1) is 28.0. The molecule has 1 amide bonds. The van der Waals surface area contributed by atoms with Crippen molar-refractivity contribution in [3.63, 3.8) is 0 Å². The van der Waals surface area contributed by atoms with E-state index < -0.39 is 11.7 Å². The molecule has 0 saturated heterocycles. The first-order valence-electron chi connectivity index (χ1n) is 11.8. The molecule has 190 valence electrons. The summed E-state index contributed by atoms with van der Waals surface area (Å²) in [7, 11) is 0. The summed E-state index contributed by atoms with van der Waals surface area (Å²) in [6.07, 6.45) is 1.70. The normalized spacial score (nSPS) is 13.3. The molecule has 9 heteroatoms. The fourth-order valence-electron chi connectivity index (χ4n) is 3.40. The van der Waals surface area contributed by atoms with E-state index >= 15 is 0 Å². The van der Waals surface area contributed by atoms with E-state index in [-0.39, 0.29) is 11.8 Å². The molecule has 0 bridgehead atoms. The lowest BCUT2D eigenvalue weighted by molar-refractivity contribution is -0.119. The third kappa shape index (κ3) is 8.19. The maximum Gasteiger partial charge on any atom is 0.415 e. The van der Waals surface area contributed by atoms with Gasteiger partial charge in [-0.2, -0.15) is 13.2 Å². The van der Waals surface area contributed by atoms with Crippen LogP contribution in [0.25, 0.3) is 11.2 Å². The highest BCUT2D eigenvalue weighted by atomic mass is 19.4. The number of allylic oxidation sites excluding steroid dienone is 5. The fourth-order valence-corrected chi connectivity index (χ4v) is 3.40. The van der Waals surface area contributed by atoms with Crippen LogP contribution in [0.1, 0.15) is 51.4 Å². The molecule has 0 aliphatic heterocycles. The second-order valence-corrected chi connectivity index (χ2v) is 8.49. The Morgan fingerprint density at radius 3 is 2.46 bits per heavy atom. The topological polar surface area (TPSA) is 71.0 Å². The number of nitrogens with zero attached hydrogens (tertiary/aromatic N) is 4. The Labute approximate surface area is 205 Å². The van der Waals surface area contributed by atoms with Gasteiger partial charge in [0.05, 0.1) is 11.4 Å². The molecular weight excluding hydrogens is 455 g/mol. The van der Waals surface area contributed by atoms with Gasteiger partial charge in [0, 0.05) is 30.3 Å². The van der Waals surface area contributed by atoms with Gasteiger partial charge in [-0.15, -0.1) is 0 Å². The Bertz CT molecular complexity index is 1110. The number of anilines is 1. The van der Waals surface area contributed by atoms with E-state index in [4.69, 9.17) is 0 Å². The second kappa shape index (κ2) is 12.5. The van der Waals surface area contributed by atoms with E-state index in [1.54, 1.807) is 18.2 Å². The number of alkyl halides is 3. The van der Waals surface area contributed by atoms with Crippen molar-refractivity contribution in [2.75, 3.05) is 18.4 Å². The van der Waals surface area contributed by atoms with Gasteiger partial charge < -0.3 is 10.2 Å². The number of carbonyl (C=O) groups is 1. The van der Waals surface area contributed by atoms with Gasteiger partial charge in [0.1, 0.15) is 11.3 Å². The number of pyridine rings is 1. The molecule has 2 heterocycles. The number of halogens is 3. The van der Waals surface area contributed by atoms with Crippen molar-refractivity contribution in [3.05, 3.63) is 59.6 Å². The monoisotopic (exact) mass is 489 g/mol. The third-order valence-electron chi connectivity index (χ3n) is 5.68. The highest BCUT2D eigenvalue weighted by molar-refractivity contribution is 5.92. The van der Waals surface area contributed by atoms with Crippen LogP contribution in [0.4, 0.5) is 19.0 Å². The Morgan fingerprint density at radius 1 is 1.14 bits per heavy atom. The van der Waals surface area contributed by atoms with Crippen molar-refractivity contribution in [1.29, 1.82) is 0 Å². The first-order valence-corrected chi connectivity index (χ1v) is 11.8. The van der Waals surface area contributed by atoms with Gasteiger partial charge >= 0.3 is 6.18 Å². The molecule has 1 unspecified atom stereocenters. The summed E-state index contributed by atoms with van der Waals surface area (Å²) in [5, 5.41) is 2.85. The number of hydrogen-bond donors (Lipinski definition) is 1. The average molecular weight is 490 g/mol. The zero-order valence-corrected chi connectivity index (χ0v) is 21.0. The van der Waals surface area contributed by atoms with E-state index in [0.29, 0.717) is 36.4 Å². The SMILES string of the molecule is C=C(/C=C\C=C(/CC)N(CCC)CCC(C)C(=O)Nc1ccc2nc(C)c(C)nc2n1)C(F)(F)F. The van der Waals surface area contributed by atoms with E-state index in [1.807, 2.05) is 34.6 Å². The predicted octanol–water partition coefficient (Wildman–Crippen LogP) is 6.29. The van der Waals surface area contributed by atoms with Crippen LogP contribution in [-0.2, 0) is 4.79 Å². The largest absolute Gasteiger partial charge is 0.415 e. The minimum absolute atomic E-state index is 0.159. The number of amides is 1. The number of nitrogens with one attached hydrogen (secondary N) is 1. The van der Waals surface area contributed by atoms with Crippen molar-refractivity contribution < 1.29 is 18.0 Å². The Hall–Kier alpha value is -3.23. The van der Waals surface area contributed by atoms with Crippen molar-refractivity contribution in [2.45, 2.75) is 60.1 Å². The third-order valence-corrected chi connectivity index (χ3v) is 5.68. The maximum absolute atomic E-state index is 12.8. The van der Waals surface area contributed by atoms with Gasteiger partial charge in [-0.05, 0) is 51.3 Å². The van der Waals surface area contributed by atoms with Crippen LogP contribution >= 0.6 is 0 Å². The number of carbonyl (C=O) groups excluding carboxylic acids is 1. The lowest BCUT2D eigenvalue weighted by Crippen LogP contribution is -2.29. The van der Waals surface area contributed by atoms with Crippen LogP contribution in [-0.4, -0.2) is 45.0 Å². The molecule has 0 aliphatic rings. The number of rotatable bonds is 11. The van der Waals surface area contributed by atoms with Crippen LogP contribution in [0, 0.1) is 19.8 Å². The van der Waals surface area contributed by atoms with E-state index in [0.717, 1.165) is 36.1 Å². The molecule has 1 N–H and O–H groups in total. The molecule has 6 nitrogen and oxygen atoms in total. The summed E-state index contributed by atoms with van der Waals surface area (Å²) in [5.74, 6) is -0.0358. The smallest absolute Gasteiger partial charge is 0.375 e. The summed E-state index contributed by atoms with van der Waals surface area (Å²) >= 11 is 0. The molecule has 0 fully saturated rings. The Balaban J connectivity index is 2.03. The molecule has 35 heavy (non-hydrogen) atoms. The standard InChI is InChI=1S/C26H34F3N5O/c1-7-15-34(21(8-2)11-9-10-18(4)26(27,28)29)16-14-17(3)25(35)33-23-13-12-22-24(32-23)31-20(6)19(5)30-22/h9-13,17H,4,7-8,14-16H2,1-3,5-6H3,(H,31,32,33,35)/b10-9-,21-11+. The van der Waals surface area contributed by atoms with E-state index in [9.17, 15) is 18.0 Å². The van der Waals surface area contributed by atoms with Gasteiger partial charge in [-0.1, -0.05) is 39.5 Å². The lowest BCUT2D eigenvalue weighted by atomic mass is 10.1. The lowest BCUT2D eigenvalue weighted by Gasteiger charge is -2.27. The molecule has 2 aromatic heterocycles. The zero-order chi connectivity index (χ0) is 26.2. The number of fused-ring (bicyclic) bond motifs is 1. The van der Waals surface area contributed by atoms with Crippen molar-refractivity contribution >= 4 is 22.9 Å². The van der Waals surface area contributed by atoms with Crippen LogP contribution in [0.5, 0.6) is 0 Å². The first-order chi connectivity index (χ1) is 16.5. The minimum Gasteiger partial charge on any atom is -0.375 e. The molecule has 1 atom stereocenters. The van der Waals surface area contributed by atoms with Crippen LogP contribution in [0.15, 0.2) is 48.2 Å². The molecule has 0 aromatic carbocycles. The molecule has 0 saturated carbocycles. The summed E-state index contributed by atoms with van der Waals surface area (Å²) in [5.41, 5.74) is 2.78. The predicted molar refractivity (Wildman–Crippen MR) is 134 cm³/mol. The Kier molecular flexibility index (Phi) is 9.98. The highest BCUT2D eigenvalue weighted by Gasteiger charge is 2.29. The minimum atomic E-state index is -4.44. The summed E-state index contributed by atoms with van der Waals surface area (Å²) in [6, 6.07) is 3.49. The van der Waals surface area contributed by atoms with Crippen LogP contribution in [0.3, 0.4) is 0 Å². The number of aryl methyl sites for hydroxylation is 2. The van der Waals surface area contributed by atoms with Gasteiger partial charge in [-0.3, -0.25) is 4.79 Å². The van der Waals surface area contributed by atoms with Gasteiger partial charge in [-0.25, -0.2) is 15.0 Å². The van der Waals surface area contributed by atoms with Gasteiger partial charge in [0.25, 0.3) is 0 Å². The average Bonchev–Trinajstić information content (AvgIpc) is 2.79. The van der Waals surface area contributed by atoms with Gasteiger partial charge in [0.2, 0.25) is 5.91 Å². The zero-order valence-electron chi connectivity index (χ0n) is 21.0. The quantitative estimate of drug-likeness (QED) is 0.376.